The molecule has 0 radical (unpaired) electrons. The van der Waals surface area contributed by atoms with Crippen LogP contribution in [0.25, 0.3) is 0 Å². The van der Waals surface area contributed by atoms with Crippen LogP contribution < -0.4 is 5.43 Å². The van der Waals surface area contributed by atoms with E-state index in [1.165, 1.54) is 6.42 Å². The fraction of sp³-hybridized carbons (Fsp3) is 1.00. The Morgan fingerprint density at radius 2 is 2.56 bits per heavy atom. The lowest BCUT2D eigenvalue weighted by molar-refractivity contribution is 0.123. The van der Waals surface area contributed by atoms with Crippen molar-refractivity contribution in [2.24, 2.45) is 0 Å². The zero-order valence-electron chi connectivity index (χ0n) is 5.80. The second kappa shape index (κ2) is 3.15. The first-order chi connectivity index (χ1) is 4.38. The molecule has 54 valence electrons. The molecule has 0 saturated carbocycles. The second-order valence-corrected chi connectivity index (χ2v) is 2.40. The van der Waals surface area contributed by atoms with Gasteiger partial charge in [0.25, 0.3) is 0 Å². The number of nitrogens with zero attached hydrogens (tertiary/aromatic N) is 1. The number of nitrogens with one attached hydrogen (secondary N) is 1. The van der Waals surface area contributed by atoms with E-state index in [1.54, 1.807) is 0 Å². The average Bonchev–Trinajstić information content (AvgIpc) is 2.33. The minimum Gasteiger partial charge on any atom is -0.395 e. The van der Waals surface area contributed by atoms with Crippen LogP contribution in [-0.4, -0.2) is 36.4 Å². The number of hydrazine groups is 1. The molecule has 1 atom stereocenters. The molecule has 3 heteroatoms. The third kappa shape index (κ3) is 1.41. The van der Waals surface area contributed by atoms with Gasteiger partial charge >= 0.3 is 0 Å². The largest absolute Gasteiger partial charge is 0.395 e. The Bertz CT molecular complexity index is 77.1. The van der Waals surface area contributed by atoms with Gasteiger partial charge in [0.05, 0.1) is 6.61 Å². The van der Waals surface area contributed by atoms with Gasteiger partial charge in [0, 0.05) is 12.6 Å². The number of rotatable bonds is 2. The van der Waals surface area contributed by atoms with E-state index >= 15 is 0 Å². The molecule has 1 heterocycles. The van der Waals surface area contributed by atoms with E-state index in [-0.39, 0.29) is 6.61 Å². The van der Waals surface area contributed by atoms with E-state index in [1.807, 2.05) is 7.05 Å². The minimum absolute atomic E-state index is 0.279. The summed E-state index contributed by atoms with van der Waals surface area (Å²) in [7, 11) is 1.90. The van der Waals surface area contributed by atoms with Crippen molar-refractivity contribution in [1.29, 1.82) is 0 Å². The molecule has 1 aliphatic heterocycles. The molecule has 2 N–H and O–H groups in total. The summed E-state index contributed by atoms with van der Waals surface area (Å²) in [6.07, 6.45) is 2.32. The lowest BCUT2D eigenvalue weighted by Gasteiger charge is -2.20. The smallest absolute Gasteiger partial charge is 0.0600 e. The zero-order valence-corrected chi connectivity index (χ0v) is 5.80. The van der Waals surface area contributed by atoms with Gasteiger partial charge in [0.15, 0.2) is 0 Å². The fourth-order valence-corrected chi connectivity index (χ4v) is 1.32. The molecule has 1 aliphatic rings. The summed E-state index contributed by atoms with van der Waals surface area (Å²) in [5, 5.41) is 10.9. The van der Waals surface area contributed by atoms with Crippen LogP contribution in [0.2, 0.25) is 0 Å². The molecule has 0 aliphatic carbocycles. The lowest BCUT2D eigenvalue weighted by Crippen LogP contribution is -2.40. The highest BCUT2D eigenvalue weighted by Crippen LogP contribution is 2.12. The Morgan fingerprint density at radius 1 is 1.78 bits per heavy atom. The SMILES string of the molecule is CNN1CCC[C@@H]1CO. The van der Waals surface area contributed by atoms with Gasteiger partial charge in [-0.2, -0.15) is 0 Å². The number of aliphatic hydroxyl groups excluding tert-OH is 1. The van der Waals surface area contributed by atoms with Gasteiger partial charge in [-0.25, -0.2) is 5.01 Å². The summed E-state index contributed by atoms with van der Waals surface area (Å²) < 4.78 is 0. The monoisotopic (exact) mass is 130 g/mol. The molecule has 0 bridgehead atoms. The molecule has 0 amide bonds. The van der Waals surface area contributed by atoms with Gasteiger partial charge in [0.1, 0.15) is 0 Å². The van der Waals surface area contributed by atoms with Crippen LogP contribution in [0.15, 0.2) is 0 Å². The topological polar surface area (TPSA) is 35.5 Å². The van der Waals surface area contributed by atoms with Crippen LogP contribution in [0.5, 0.6) is 0 Å². The number of hydrogen-bond donors (Lipinski definition) is 2. The van der Waals surface area contributed by atoms with Crippen molar-refractivity contribution >= 4 is 0 Å². The first-order valence-corrected chi connectivity index (χ1v) is 3.43. The van der Waals surface area contributed by atoms with E-state index in [4.69, 9.17) is 5.11 Å². The lowest BCUT2D eigenvalue weighted by atomic mass is 10.2. The van der Waals surface area contributed by atoms with E-state index in [0.717, 1.165) is 13.0 Å². The van der Waals surface area contributed by atoms with Crippen molar-refractivity contribution in [1.82, 2.24) is 10.4 Å². The van der Waals surface area contributed by atoms with E-state index in [0.29, 0.717) is 6.04 Å². The van der Waals surface area contributed by atoms with Crippen molar-refractivity contribution in [3.8, 4) is 0 Å². The molecule has 0 aromatic rings. The van der Waals surface area contributed by atoms with Crippen LogP contribution in [0.1, 0.15) is 12.8 Å². The van der Waals surface area contributed by atoms with Crippen molar-refractivity contribution in [2.45, 2.75) is 18.9 Å². The number of aliphatic hydroxyl groups is 1. The van der Waals surface area contributed by atoms with Crippen molar-refractivity contribution in [3.05, 3.63) is 0 Å². The molecule has 9 heavy (non-hydrogen) atoms. The third-order valence-electron chi connectivity index (χ3n) is 1.88. The van der Waals surface area contributed by atoms with Crippen LogP contribution in [0, 0.1) is 0 Å². The molecule has 3 nitrogen and oxygen atoms in total. The summed E-state index contributed by atoms with van der Waals surface area (Å²) in [5.41, 5.74) is 3.04. The van der Waals surface area contributed by atoms with Crippen LogP contribution in [0.4, 0.5) is 0 Å². The van der Waals surface area contributed by atoms with Crippen LogP contribution >= 0.6 is 0 Å². The molecule has 0 aromatic heterocycles. The Hall–Kier alpha value is -0.120. The average molecular weight is 130 g/mol. The van der Waals surface area contributed by atoms with Crippen molar-refractivity contribution in [2.75, 3.05) is 20.2 Å². The first kappa shape index (κ1) is 6.99. The second-order valence-electron chi connectivity index (χ2n) is 2.40. The highest BCUT2D eigenvalue weighted by atomic mass is 16.3. The minimum atomic E-state index is 0.279. The predicted molar refractivity (Wildman–Crippen MR) is 35.9 cm³/mol. The molecular weight excluding hydrogens is 116 g/mol. The van der Waals surface area contributed by atoms with Gasteiger partial charge in [-0.05, 0) is 19.9 Å². The normalized spacial score (nSPS) is 29.3. The van der Waals surface area contributed by atoms with Crippen molar-refractivity contribution in [3.63, 3.8) is 0 Å². The van der Waals surface area contributed by atoms with Crippen molar-refractivity contribution < 1.29 is 5.11 Å². The fourth-order valence-electron chi connectivity index (χ4n) is 1.32. The van der Waals surface area contributed by atoms with Gasteiger partial charge < -0.3 is 5.11 Å². The van der Waals surface area contributed by atoms with Gasteiger partial charge in [0.2, 0.25) is 0 Å². The molecule has 1 fully saturated rings. The van der Waals surface area contributed by atoms with E-state index in [9.17, 15) is 0 Å². The molecule has 0 unspecified atom stereocenters. The molecule has 0 spiro atoms. The van der Waals surface area contributed by atoms with E-state index < -0.39 is 0 Å². The van der Waals surface area contributed by atoms with Gasteiger partial charge in [-0.3, -0.25) is 5.43 Å². The molecule has 0 aromatic carbocycles. The Kier molecular flexibility index (Phi) is 2.45. The van der Waals surface area contributed by atoms with Gasteiger partial charge in [-0.15, -0.1) is 0 Å². The maximum Gasteiger partial charge on any atom is 0.0600 e. The Balaban J connectivity index is 2.32. The summed E-state index contributed by atoms with van der Waals surface area (Å²) >= 11 is 0. The van der Waals surface area contributed by atoms with Gasteiger partial charge in [-0.1, -0.05) is 0 Å². The molecular formula is C6H14N2O. The molecule has 1 rings (SSSR count). The van der Waals surface area contributed by atoms with Crippen LogP contribution in [-0.2, 0) is 0 Å². The van der Waals surface area contributed by atoms with E-state index in [2.05, 4.69) is 10.4 Å². The summed E-state index contributed by atoms with van der Waals surface area (Å²) in [6, 6.07) is 0.356. The summed E-state index contributed by atoms with van der Waals surface area (Å²) in [4.78, 5) is 0. The summed E-state index contributed by atoms with van der Waals surface area (Å²) in [6.45, 7) is 1.35. The highest BCUT2D eigenvalue weighted by Gasteiger charge is 2.21. The number of hydrogen-bond acceptors (Lipinski definition) is 3. The zero-order chi connectivity index (χ0) is 6.69. The third-order valence-corrected chi connectivity index (χ3v) is 1.88. The molecule has 1 saturated heterocycles. The maximum atomic E-state index is 8.79. The Morgan fingerprint density at radius 3 is 3.00 bits per heavy atom. The standard InChI is InChI=1S/C6H14N2O/c1-7-8-4-2-3-6(8)5-9/h6-7,9H,2-5H2,1H3/t6-/m1/s1. The predicted octanol–water partition coefficient (Wildman–Crippen LogP) is -0.423. The quantitative estimate of drug-likeness (QED) is 0.533. The maximum absolute atomic E-state index is 8.79. The highest BCUT2D eigenvalue weighted by molar-refractivity contribution is 4.74. The van der Waals surface area contributed by atoms with Crippen LogP contribution in [0.3, 0.4) is 0 Å². The first-order valence-electron chi connectivity index (χ1n) is 3.43. The summed E-state index contributed by atoms with van der Waals surface area (Å²) in [5.74, 6) is 0. The Labute approximate surface area is 55.6 Å².